The predicted octanol–water partition coefficient (Wildman–Crippen LogP) is 6.30. The molecular formula is C27H34O4. The van der Waals surface area contributed by atoms with Gasteiger partial charge in [0.05, 0.1) is 5.92 Å². The summed E-state index contributed by atoms with van der Waals surface area (Å²) >= 11 is 0. The number of hydrogen-bond acceptors (Lipinski definition) is 4. The van der Waals surface area contributed by atoms with Crippen LogP contribution in [0.1, 0.15) is 91.2 Å². The maximum absolute atomic E-state index is 13.3. The second-order valence-electron chi connectivity index (χ2n) is 12.1. The summed E-state index contributed by atoms with van der Waals surface area (Å²) in [6.45, 7) is 14.6. The van der Waals surface area contributed by atoms with Crippen molar-refractivity contribution in [3.05, 3.63) is 52.0 Å². The van der Waals surface area contributed by atoms with Crippen LogP contribution in [0, 0.1) is 10.8 Å². The van der Waals surface area contributed by atoms with E-state index in [2.05, 4.69) is 34.6 Å². The molecule has 3 aliphatic rings. The second-order valence-corrected chi connectivity index (χ2v) is 12.1. The van der Waals surface area contributed by atoms with E-state index >= 15 is 0 Å². The number of aliphatic hydroxyl groups is 1. The Kier molecular flexibility index (Phi) is 4.81. The number of carbonyl (C=O) groups is 2. The third kappa shape index (κ3) is 3.86. The standard InChI is InChI=1S/C27H34O4/c1-25(2,3)15-8-9-16-20(10-15)31-21-14-27(6,7)13-19(30)24(21)22(16)23-17(28)11-26(4,5)12-18(23)29/h8-10,22,28H,11-14H2,1-7H3. The lowest BCUT2D eigenvalue weighted by Crippen LogP contribution is -2.36. The van der Waals surface area contributed by atoms with Crippen molar-refractivity contribution in [3.63, 3.8) is 0 Å². The highest BCUT2D eigenvalue weighted by atomic mass is 16.5. The first-order valence-electron chi connectivity index (χ1n) is 11.2. The van der Waals surface area contributed by atoms with Crippen LogP contribution >= 0.6 is 0 Å². The molecule has 0 amide bonds. The third-order valence-electron chi connectivity index (χ3n) is 6.78. The Morgan fingerprint density at radius 1 is 0.903 bits per heavy atom. The van der Waals surface area contributed by atoms with Crippen molar-refractivity contribution in [2.75, 3.05) is 0 Å². The van der Waals surface area contributed by atoms with Crippen LogP contribution in [0.15, 0.2) is 40.9 Å². The van der Waals surface area contributed by atoms with Crippen LogP contribution in [-0.4, -0.2) is 16.7 Å². The Hall–Kier alpha value is -2.36. The summed E-state index contributed by atoms with van der Waals surface area (Å²) in [6, 6.07) is 6.06. The third-order valence-corrected chi connectivity index (χ3v) is 6.78. The molecule has 1 aliphatic heterocycles. The van der Waals surface area contributed by atoms with Crippen LogP contribution in [0.25, 0.3) is 0 Å². The van der Waals surface area contributed by atoms with Gasteiger partial charge in [0.2, 0.25) is 0 Å². The molecule has 1 unspecified atom stereocenters. The van der Waals surface area contributed by atoms with E-state index in [-0.39, 0.29) is 33.6 Å². The Labute approximate surface area is 185 Å². The Morgan fingerprint density at radius 3 is 2.06 bits per heavy atom. The van der Waals surface area contributed by atoms with Crippen LogP contribution in [-0.2, 0) is 15.0 Å². The molecule has 0 fully saturated rings. The van der Waals surface area contributed by atoms with E-state index in [1.54, 1.807) is 0 Å². The molecule has 0 aromatic heterocycles. The fourth-order valence-corrected chi connectivity index (χ4v) is 5.24. The van der Waals surface area contributed by atoms with Gasteiger partial charge in [-0.2, -0.15) is 0 Å². The zero-order valence-corrected chi connectivity index (χ0v) is 19.8. The number of carbonyl (C=O) groups excluding carboxylic acids is 2. The van der Waals surface area contributed by atoms with Gasteiger partial charge in [-0.05, 0) is 27.9 Å². The van der Waals surface area contributed by atoms with Crippen molar-refractivity contribution in [1.29, 1.82) is 0 Å². The lowest BCUT2D eigenvalue weighted by Gasteiger charge is -2.40. The average molecular weight is 423 g/mol. The molecule has 0 bridgehead atoms. The maximum atomic E-state index is 13.3. The van der Waals surface area contributed by atoms with E-state index in [1.165, 1.54) is 0 Å². The van der Waals surface area contributed by atoms with E-state index in [1.807, 2.05) is 32.0 Å². The van der Waals surface area contributed by atoms with E-state index < -0.39 is 5.92 Å². The summed E-state index contributed by atoms with van der Waals surface area (Å²) in [4.78, 5) is 26.6. The number of rotatable bonds is 1. The lowest BCUT2D eigenvalue weighted by atomic mass is 9.66. The van der Waals surface area contributed by atoms with Crippen molar-refractivity contribution in [2.45, 2.75) is 85.5 Å². The van der Waals surface area contributed by atoms with Crippen molar-refractivity contribution in [2.24, 2.45) is 10.8 Å². The number of allylic oxidation sites excluding steroid dienone is 4. The Morgan fingerprint density at radius 2 is 1.48 bits per heavy atom. The first-order valence-corrected chi connectivity index (χ1v) is 11.2. The first kappa shape index (κ1) is 21.9. The van der Waals surface area contributed by atoms with Gasteiger partial charge in [-0.25, -0.2) is 0 Å². The van der Waals surface area contributed by atoms with Crippen LogP contribution in [0.2, 0.25) is 0 Å². The minimum Gasteiger partial charge on any atom is -0.512 e. The van der Waals surface area contributed by atoms with E-state index in [4.69, 9.17) is 4.74 Å². The van der Waals surface area contributed by atoms with Crippen LogP contribution in [0.5, 0.6) is 5.75 Å². The molecule has 1 aromatic carbocycles. The van der Waals surface area contributed by atoms with Gasteiger partial charge in [0.1, 0.15) is 17.3 Å². The van der Waals surface area contributed by atoms with Gasteiger partial charge < -0.3 is 9.84 Å². The van der Waals surface area contributed by atoms with E-state index in [9.17, 15) is 14.7 Å². The van der Waals surface area contributed by atoms with Gasteiger partial charge in [-0.15, -0.1) is 0 Å². The number of hydrogen-bond donors (Lipinski definition) is 1. The van der Waals surface area contributed by atoms with Gasteiger partial charge in [-0.1, -0.05) is 60.6 Å². The number of Topliss-reactive ketones (excluding diaryl/α,β-unsaturated/α-hetero) is 2. The highest BCUT2D eigenvalue weighted by Crippen LogP contribution is 2.53. The molecule has 1 N–H and O–H groups in total. The van der Waals surface area contributed by atoms with Crippen molar-refractivity contribution < 1.29 is 19.4 Å². The summed E-state index contributed by atoms with van der Waals surface area (Å²) in [6.07, 6.45) is 1.84. The van der Waals surface area contributed by atoms with E-state index in [0.29, 0.717) is 48.3 Å². The smallest absolute Gasteiger partial charge is 0.163 e. The topological polar surface area (TPSA) is 63.6 Å². The first-order chi connectivity index (χ1) is 14.2. The molecule has 1 atom stereocenters. The van der Waals surface area contributed by atoms with Gasteiger partial charge in [-0.3, -0.25) is 9.59 Å². The maximum Gasteiger partial charge on any atom is 0.163 e. The molecular weight excluding hydrogens is 388 g/mol. The summed E-state index contributed by atoms with van der Waals surface area (Å²) in [5.41, 5.74) is 2.33. The largest absolute Gasteiger partial charge is 0.512 e. The Bertz CT molecular complexity index is 1040. The molecule has 0 saturated carbocycles. The highest BCUT2D eigenvalue weighted by Gasteiger charge is 2.47. The van der Waals surface area contributed by atoms with Gasteiger partial charge >= 0.3 is 0 Å². The molecule has 0 spiro atoms. The monoisotopic (exact) mass is 422 g/mol. The minimum atomic E-state index is -0.556. The molecule has 4 heteroatoms. The summed E-state index contributed by atoms with van der Waals surface area (Å²) in [5, 5.41) is 11.0. The SMILES string of the molecule is CC1(C)CC(=O)C(C2C3=C(CC(C)(C)CC3=O)Oc3cc(C(C)(C)C)ccc32)=C(O)C1. The fraction of sp³-hybridized carbons (Fsp3) is 0.556. The molecule has 31 heavy (non-hydrogen) atoms. The summed E-state index contributed by atoms with van der Waals surface area (Å²) in [7, 11) is 0. The number of ether oxygens (including phenoxy) is 1. The second kappa shape index (κ2) is 6.82. The zero-order valence-electron chi connectivity index (χ0n) is 19.8. The number of ketones is 2. The minimum absolute atomic E-state index is 0.0136. The normalized spacial score (nSPS) is 25.2. The predicted molar refractivity (Wildman–Crippen MR) is 121 cm³/mol. The fourth-order valence-electron chi connectivity index (χ4n) is 5.24. The van der Waals surface area contributed by atoms with Crippen LogP contribution in [0.4, 0.5) is 0 Å². The van der Waals surface area contributed by atoms with Gasteiger partial charge in [0, 0.05) is 42.4 Å². The number of aliphatic hydroxyl groups excluding tert-OH is 1. The molecule has 0 saturated heterocycles. The van der Waals surface area contributed by atoms with Crippen molar-refractivity contribution in [1.82, 2.24) is 0 Å². The molecule has 166 valence electrons. The quantitative estimate of drug-likeness (QED) is 0.576. The van der Waals surface area contributed by atoms with Gasteiger partial charge in [0.25, 0.3) is 0 Å². The molecule has 4 nitrogen and oxygen atoms in total. The molecule has 0 radical (unpaired) electrons. The molecule has 1 aromatic rings. The highest BCUT2D eigenvalue weighted by molar-refractivity contribution is 6.06. The van der Waals surface area contributed by atoms with Crippen molar-refractivity contribution in [3.8, 4) is 5.75 Å². The number of benzene rings is 1. The zero-order chi connectivity index (χ0) is 22.9. The number of fused-ring (bicyclic) bond motifs is 1. The van der Waals surface area contributed by atoms with Crippen LogP contribution in [0.3, 0.4) is 0 Å². The average Bonchev–Trinajstić information content (AvgIpc) is 2.56. The molecule has 4 rings (SSSR count). The van der Waals surface area contributed by atoms with Gasteiger partial charge in [0.15, 0.2) is 11.6 Å². The molecule has 1 heterocycles. The summed E-state index contributed by atoms with van der Waals surface area (Å²) < 4.78 is 6.35. The van der Waals surface area contributed by atoms with Crippen LogP contribution < -0.4 is 4.74 Å². The van der Waals surface area contributed by atoms with E-state index in [0.717, 1.165) is 11.1 Å². The summed E-state index contributed by atoms with van der Waals surface area (Å²) in [5.74, 6) is 0.849. The van der Waals surface area contributed by atoms with Crippen molar-refractivity contribution >= 4 is 11.6 Å². The molecule has 2 aliphatic carbocycles. The lowest BCUT2D eigenvalue weighted by molar-refractivity contribution is -0.119. The Balaban J connectivity index is 1.95.